The summed E-state index contributed by atoms with van der Waals surface area (Å²) < 4.78 is 64.4. The van der Waals surface area contributed by atoms with Crippen LogP contribution in [0.5, 0.6) is 0 Å². The van der Waals surface area contributed by atoms with Gasteiger partial charge in [0.25, 0.3) is 5.56 Å². The normalized spacial score (nSPS) is 33.2. The lowest BCUT2D eigenvalue weighted by molar-refractivity contribution is -0.272. The van der Waals surface area contributed by atoms with Gasteiger partial charge in [0.15, 0.2) is 23.2 Å². The summed E-state index contributed by atoms with van der Waals surface area (Å²) in [5.74, 6) is -0.143. The van der Waals surface area contributed by atoms with Crippen LogP contribution < -0.4 is 17.0 Å². The van der Waals surface area contributed by atoms with E-state index in [0.717, 1.165) is 11.5 Å². The van der Waals surface area contributed by atoms with Crippen LogP contribution in [0.2, 0.25) is 0 Å². The molecular formula is C22H25N9O12P2S. The van der Waals surface area contributed by atoms with Crippen molar-refractivity contribution in [3.05, 3.63) is 27.9 Å². The van der Waals surface area contributed by atoms with Gasteiger partial charge in [-0.1, -0.05) is 0 Å². The van der Waals surface area contributed by atoms with Crippen molar-refractivity contribution >= 4 is 61.1 Å². The summed E-state index contributed by atoms with van der Waals surface area (Å²) in [6.45, 7) is -1.01. The molecule has 7 heterocycles. The summed E-state index contributed by atoms with van der Waals surface area (Å²) in [4.78, 5) is 60.9. The van der Waals surface area contributed by atoms with Gasteiger partial charge < -0.3 is 40.4 Å². The molecule has 1 aliphatic carbocycles. The second kappa shape index (κ2) is 10.5. The Labute approximate surface area is 260 Å². The van der Waals surface area contributed by atoms with Crippen LogP contribution >= 0.6 is 27.2 Å². The number of ether oxygens (including phenoxy) is 3. The van der Waals surface area contributed by atoms with Gasteiger partial charge in [-0.3, -0.25) is 27.9 Å². The third kappa shape index (κ3) is 4.97. The van der Waals surface area contributed by atoms with Gasteiger partial charge >= 0.3 is 15.6 Å². The first-order valence-electron chi connectivity index (χ1n) is 13.7. The highest BCUT2D eigenvalue weighted by Crippen LogP contribution is 2.65. The molecule has 21 nitrogen and oxygen atoms in total. The zero-order valence-corrected chi connectivity index (χ0v) is 25.8. The zero-order chi connectivity index (χ0) is 32.2. The van der Waals surface area contributed by atoms with Gasteiger partial charge in [-0.05, 0) is 11.5 Å². The van der Waals surface area contributed by atoms with Gasteiger partial charge in [0.05, 0.1) is 36.6 Å². The van der Waals surface area contributed by atoms with Crippen LogP contribution in [-0.4, -0.2) is 91.8 Å². The summed E-state index contributed by atoms with van der Waals surface area (Å²) >= 11 is 1.02. The second-order valence-corrected chi connectivity index (χ2v) is 14.7. The number of fused-ring (bicyclic) bond motifs is 2. The number of H-pyrrole nitrogens is 1. The van der Waals surface area contributed by atoms with Gasteiger partial charge in [0.2, 0.25) is 5.95 Å². The maximum atomic E-state index is 13.3. The number of anilines is 2. The molecule has 4 aliphatic rings. The quantitative estimate of drug-likeness (QED) is 0.117. The lowest BCUT2D eigenvalue weighted by atomic mass is 9.62. The molecule has 0 bridgehead atoms. The third-order valence-corrected chi connectivity index (χ3v) is 11.0. The number of hydrogen-bond acceptors (Lipinski definition) is 17. The molecule has 0 aromatic carbocycles. The van der Waals surface area contributed by atoms with Crippen molar-refractivity contribution in [3.8, 4) is 0 Å². The highest BCUT2D eigenvalue weighted by molar-refractivity contribution is 7.47. The van der Waals surface area contributed by atoms with Crippen LogP contribution in [-0.2, 0) is 36.9 Å². The Morgan fingerprint density at radius 1 is 1.13 bits per heavy atom. The highest BCUT2D eigenvalue weighted by Gasteiger charge is 2.74. The molecule has 3 saturated heterocycles. The fraction of sp³-hybridized carbons (Fsp3) is 0.545. The number of rotatable bonds is 10. The molecule has 4 aromatic rings. The van der Waals surface area contributed by atoms with E-state index < -0.39 is 64.1 Å². The smallest absolute Gasteiger partial charge is 0.382 e. The maximum Gasteiger partial charge on any atom is 0.472 e. The fourth-order valence-electron chi connectivity index (χ4n) is 6.55. The number of nitrogens with zero attached hydrogens (tertiary/aromatic N) is 6. The summed E-state index contributed by atoms with van der Waals surface area (Å²) in [6, 6.07) is 0. The van der Waals surface area contributed by atoms with E-state index in [0.29, 0.717) is 22.3 Å². The van der Waals surface area contributed by atoms with Crippen LogP contribution in [0.15, 0.2) is 17.4 Å². The van der Waals surface area contributed by atoms with Gasteiger partial charge in [0.1, 0.15) is 41.3 Å². The maximum absolute atomic E-state index is 13.3. The molecule has 8 rings (SSSR count). The van der Waals surface area contributed by atoms with Crippen molar-refractivity contribution in [1.29, 1.82) is 0 Å². The molecule has 0 radical (unpaired) electrons. The predicted molar refractivity (Wildman–Crippen MR) is 153 cm³/mol. The molecule has 8 N–H and O–H groups in total. The topological polar surface area (TPSA) is 304 Å². The SMILES string of the molecule is Nc1nc2c(ncn2[C@@H]2O[C@@]3(COP(=O)(O)O[C@H]4C[C@H](c5snc6c(N)ncnc56)O[C@@H]4COP(=O)(O)O)CC4O[C@@H]2[C@H]43)c(=O)[nH]1. The van der Waals surface area contributed by atoms with Crippen LogP contribution in [0, 0.1) is 5.92 Å². The molecular weight excluding hydrogens is 676 g/mol. The van der Waals surface area contributed by atoms with E-state index in [-0.39, 0.29) is 48.0 Å². The standard InChI is InChI=1S/C22H25N9O12P2S/c23-17-13-12(25-5-26-17)16(46-30-13)8-1-7(10(40-8)3-38-44(33,34)35)43-45(36,37)39-4-22-2-9-11(22)15(41-9)20(42-22)31-6-27-14-18(31)28-21(24)29-19(14)32/h5-11,15,20H,1-4H2,(H,36,37)(H2,23,25,26)(H2,33,34,35)(H3,24,28,29,32)/t7-,8+,9?,10+,11-,15+,20+,22+/m0/s1. The molecule has 0 amide bonds. The van der Waals surface area contributed by atoms with Crippen molar-refractivity contribution < 1.29 is 51.6 Å². The lowest BCUT2D eigenvalue weighted by Gasteiger charge is -2.57. The molecule has 9 atom stereocenters. The first kappa shape index (κ1) is 30.4. The number of hydrogen-bond donors (Lipinski definition) is 6. The Kier molecular flexibility index (Phi) is 6.94. The average Bonchev–Trinajstić information content (AvgIpc) is 3.69. The van der Waals surface area contributed by atoms with Crippen molar-refractivity contribution in [2.45, 2.75) is 55.2 Å². The first-order chi connectivity index (χ1) is 21.8. The Morgan fingerprint density at radius 3 is 2.74 bits per heavy atom. The lowest BCUT2D eigenvalue weighted by Crippen LogP contribution is -2.68. The highest BCUT2D eigenvalue weighted by atomic mass is 32.1. The Bertz CT molecular complexity index is 2020. The number of phosphoric ester groups is 2. The Morgan fingerprint density at radius 2 is 1.96 bits per heavy atom. The first-order valence-corrected chi connectivity index (χ1v) is 17.5. The van der Waals surface area contributed by atoms with E-state index in [2.05, 4.69) is 33.8 Å². The average molecular weight is 702 g/mol. The van der Waals surface area contributed by atoms with Crippen LogP contribution in [0.25, 0.3) is 22.2 Å². The number of nitrogens with two attached hydrogens (primary N) is 2. The Hall–Kier alpha value is -2.98. The number of aromatic nitrogens is 7. The number of phosphoric acid groups is 2. The van der Waals surface area contributed by atoms with E-state index in [1.807, 2.05) is 0 Å². The van der Waals surface area contributed by atoms with E-state index in [1.54, 1.807) is 0 Å². The predicted octanol–water partition coefficient (Wildman–Crippen LogP) is -0.120. The summed E-state index contributed by atoms with van der Waals surface area (Å²) in [7, 11) is -9.75. The monoisotopic (exact) mass is 701 g/mol. The van der Waals surface area contributed by atoms with Crippen molar-refractivity contribution in [3.63, 3.8) is 0 Å². The number of aromatic amines is 1. The molecule has 4 fully saturated rings. The molecule has 1 saturated carbocycles. The van der Waals surface area contributed by atoms with Crippen LogP contribution in [0.1, 0.15) is 30.1 Å². The zero-order valence-electron chi connectivity index (χ0n) is 23.2. The van der Waals surface area contributed by atoms with E-state index in [4.69, 9.17) is 34.7 Å². The largest absolute Gasteiger partial charge is 0.472 e. The Balaban J connectivity index is 0.988. The van der Waals surface area contributed by atoms with Crippen molar-refractivity contribution in [2.75, 3.05) is 24.7 Å². The number of nitrogens with one attached hydrogen (secondary N) is 1. The molecule has 0 spiro atoms. The van der Waals surface area contributed by atoms with E-state index in [1.165, 1.54) is 17.2 Å². The minimum absolute atomic E-state index is 0.0302. The summed E-state index contributed by atoms with van der Waals surface area (Å²) in [5.41, 5.74) is 11.1. The minimum Gasteiger partial charge on any atom is -0.382 e. The minimum atomic E-state index is -4.92. The molecule has 24 heteroatoms. The van der Waals surface area contributed by atoms with Gasteiger partial charge in [-0.25, -0.2) is 24.1 Å². The van der Waals surface area contributed by atoms with Gasteiger partial charge in [0, 0.05) is 18.8 Å². The van der Waals surface area contributed by atoms with E-state index in [9.17, 15) is 28.6 Å². The van der Waals surface area contributed by atoms with Crippen LogP contribution in [0.3, 0.4) is 0 Å². The third-order valence-electron chi connectivity index (χ3n) is 8.56. The van der Waals surface area contributed by atoms with Crippen molar-refractivity contribution in [2.24, 2.45) is 5.92 Å². The van der Waals surface area contributed by atoms with Crippen LogP contribution in [0.4, 0.5) is 11.8 Å². The number of nitrogen functional groups attached to an aromatic ring is 2. The molecule has 3 aliphatic heterocycles. The molecule has 46 heavy (non-hydrogen) atoms. The molecule has 246 valence electrons. The fourth-order valence-corrected chi connectivity index (χ4v) is 8.78. The molecule has 4 aromatic heterocycles. The summed E-state index contributed by atoms with van der Waals surface area (Å²) in [5, 5.41) is 0. The second-order valence-electron chi connectivity index (χ2n) is 11.3. The van der Waals surface area contributed by atoms with Gasteiger partial charge in [-0.2, -0.15) is 9.36 Å². The van der Waals surface area contributed by atoms with Crippen molar-refractivity contribution in [1.82, 2.24) is 33.9 Å². The molecule has 2 unspecified atom stereocenters. The van der Waals surface area contributed by atoms with Gasteiger partial charge in [-0.15, -0.1) is 0 Å². The van der Waals surface area contributed by atoms with E-state index >= 15 is 0 Å². The number of imidazole rings is 1. The summed E-state index contributed by atoms with van der Waals surface area (Å²) in [6.07, 6.45) is -1.59.